The monoisotopic (exact) mass is 217 g/mol. The van der Waals surface area contributed by atoms with Crippen molar-refractivity contribution in [2.24, 2.45) is 5.73 Å². The molecule has 0 unspecified atom stereocenters. The normalized spacial score (nSPS) is 10.2. The van der Waals surface area contributed by atoms with Crippen LogP contribution in [0.2, 0.25) is 5.02 Å². The lowest BCUT2D eigenvalue weighted by molar-refractivity contribution is 0.307. The Morgan fingerprint density at radius 1 is 1.36 bits per heavy atom. The van der Waals surface area contributed by atoms with Gasteiger partial charge >= 0.3 is 0 Å². The maximum Gasteiger partial charge on any atom is 0.142 e. The van der Waals surface area contributed by atoms with Crippen LogP contribution >= 0.6 is 11.6 Å². The van der Waals surface area contributed by atoms with Crippen LogP contribution in [0, 0.1) is 5.82 Å². The quantitative estimate of drug-likeness (QED) is 0.770. The molecule has 1 aromatic rings. The van der Waals surface area contributed by atoms with E-state index in [2.05, 4.69) is 0 Å². The molecule has 0 aliphatic rings. The summed E-state index contributed by atoms with van der Waals surface area (Å²) in [5, 5.41) is 0.0846. The first kappa shape index (κ1) is 11.3. The number of benzene rings is 1. The van der Waals surface area contributed by atoms with Crippen molar-refractivity contribution in [2.75, 3.05) is 13.2 Å². The van der Waals surface area contributed by atoms with Crippen molar-refractivity contribution < 1.29 is 9.13 Å². The predicted octanol–water partition coefficient (Wildman–Crippen LogP) is 2.60. The van der Waals surface area contributed by atoms with Gasteiger partial charge in [-0.1, -0.05) is 11.6 Å². The largest absolute Gasteiger partial charge is 0.494 e. The third kappa shape index (κ3) is 3.52. The predicted molar refractivity (Wildman–Crippen MR) is 55.2 cm³/mol. The van der Waals surface area contributed by atoms with Crippen molar-refractivity contribution in [2.45, 2.75) is 12.8 Å². The van der Waals surface area contributed by atoms with Gasteiger partial charge in [0.2, 0.25) is 0 Å². The first-order valence-corrected chi connectivity index (χ1v) is 4.90. The Bertz CT molecular complexity index is 293. The minimum absolute atomic E-state index is 0.0846. The zero-order chi connectivity index (χ0) is 10.4. The second-order valence-corrected chi connectivity index (χ2v) is 3.33. The van der Waals surface area contributed by atoms with Gasteiger partial charge in [0.15, 0.2) is 0 Å². The van der Waals surface area contributed by atoms with Crippen molar-refractivity contribution in [3.8, 4) is 5.75 Å². The molecule has 0 aliphatic carbocycles. The highest BCUT2D eigenvalue weighted by Gasteiger charge is 2.00. The molecule has 0 saturated carbocycles. The molecule has 0 saturated heterocycles. The number of hydrogen-bond acceptors (Lipinski definition) is 2. The Kier molecular flexibility index (Phi) is 4.70. The lowest BCUT2D eigenvalue weighted by atomic mass is 10.3. The molecule has 0 fully saturated rings. The van der Waals surface area contributed by atoms with Gasteiger partial charge in [0.25, 0.3) is 0 Å². The van der Waals surface area contributed by atoms with E-state index in [0.29, 0.717) is 18.9 Å². The summed E-state index contributed by atoms with van der Waals surface area (Å²) in [7, 11) is 0. The van der Waals surface area contributed by atoms with E-state index < -0.39 is 5.82 Å². The van der Waals surface area contributed by atoms with Gasteiger partial charge in [0.1, 0.15) is 11.6 Å². The summed E-state index contributed by atoms with van der Waals surface area (Å²) in [6, 6.07) is 4.32. The Morgan fingerprint density at radius 2 is 2.14 bits per heavy atom. The van der Waals surface area contributed by atoms with Crippen LogP contribution in [0.25, 0.3) is 0 Å². The molecule has 1 rings (SSSR count). The van der Waals surface area contributed by atoms with Gasteiger partial charge in [-0.3, -0.25) is 0 Å². The SMILES string of the molecule is NCCCCOc1ccc(F)c(Cl)c1. The van der Waals surface area contributed by atoms with E-state index in [-0.39, 0.29) is 5.02 Å². The molecule has 78 valence electrons. The average molecular weight is 218 g/mol. The third-order valence-corrected chi connectivity index (χ3v) is 2.05. The molecule has 1 aromatic carbocycles. The van der Waals surface area contributed by atoms with Crippen LogP contribution in [0.4, 0.5) is 4.39 Å². The number of ether oxygens (including phenoxy) is 1. The Hall–Kier alpha value is -0.800. The zero-order valence-electron chi connectivity index (χ0n) is 7.80. The zero-order valence-corrected chi connectivity index (χ0v) is 8.56. The second-order valence-electron chi connectivity index (χ2n) is 2.92. The van der Waals surface area contributed by atoms with E-state index in [1.54, 1.807) is 6.07 Å². The van der Waals surface area contributed by atoms with Gasteiger partial charge < -0.3 is 10.5 Å². The molecule has 14 heavy (non-hydrogen) atoms. The van der Waals surface area contributed by atoms with Crippen LogP contribution in [0.1, 0.15) is 12.8 Å². The highest BCUT2D eigenvalue weighted by atomic mass is 35.5. The maximum absolute atomic E-state index is 12.7. The molecule has 2 N–H and O–H groups in total. The van der Waals surface area contributed by atoms with Crippen molar-refractivity contribution in [3.05, 3.63) is 29.0 Å². The standard InChI is InChI=1S/C10H13ClFNO/c11-9-7-8(3-4-10(9)12)14-6-2-1-5-13/h3-4,7H,1-2,5-6,13H2. The van der Waals surface area contributed by atoms with Crippen molar-refractivity contribution in [1.29, 1.82) is 0 Å². The molecule has 0 atom stereocenters. The fraction of sp³-hybridized carbons (Fsp3) is 0.400. The van der Waals surface area contributed by atoms with E-state index in [9.17, 15) is 4.39 Å². The highest BCUT2D eigenvalue weighted by molar-refractivity contribution is 6.30. The molecule has 0 aliphatic heterocycles. The molecule has 0 spiro atoms. The summed E-state index contributed by atoms with van der Waals surface area (Å²) < 4.78 is 18.1. The third-order valence-electron chi connectivity index (χ3n) is 1.76. The first-order chi connectivity index (χ1) is 6.74. The lowest BCUT2D eigenvalue weighted by Gasteiger charge is -2.05. The fourth-order valence-corrected chi connectivity index (χ4v) is 1.17. The van der Waals surface area contributed by atoms with Crippen LogP contribution < -0.4 is 10.5 Å². The minimum atomic E-state index is -0.430. The van der Waals surface area contributed by atoms with Gasteiger partial charge in [-0.05, 0) is 31.5 Å². The van der Waals surface area contributed by atoms with Gasteiger partial charge in [0.05, 0.1) is 11.6 Å². The van der Waals surface area contributed by atoms with E-state index in [0.717, 1.165) is 12.8 Å². The van der Waals surface area contributed by atoms with Crippen LogP contribution in [-0.2, 0) is 0 Å². The summed E-state index contributed by atoms with van der Waals surface area (Å²) >= 11 is 5.58. The van der Waals surface area contributed by atoms with Crippen molar-refractivity contribution in [3.63, 3.8) is 0 Å². The van der Waals surface area contributed by atoms with Crippen LogP contribution in [0.5, 0.6) is 5.75 Å². The molecule has 0 radical (unpaired) electrons. The van der Waals surface area contributed by atoms with E-state index in [4.69, 9.17) is 22.1 Å². The summed E-state index contributed by atoms with van der Waals surface area (Å²) in [6.07, 6.45) is 1.82. The Balaban J connectivity index is 2.39. The van der Waals surface area contributed by atoms with Crippen molar-refractivity contribution >= 4 is 11.6 Å². The van der Waals surface area contributed by atoms with E-state index in [1.807, 2.05) is 0 Å². The molecule has 0 bridgehead atoms. The van der Waals surface area contributed by atoms with Gasteiger partial charge in [-0.25, -0.2) is 4.39 Å². The fourth-order valence-electron chi connectivity index (χ4n) is 1.00. The van der Waals surface area contributed by atoms with Crippen LogP contribution in [0.15, 0.2) is 18.2 Å². The van der Waals surface area contributed by atoms with Crippen LogP contribution in [0.3, 0.4) is 0 Å². The molecule has 0 amide bonds. The molecular weight excluding hydrogens is 205 g/mol. The number of halogens is 2. The number of hydrogen-bond donors (Lipinski definition) is 1. The number of nitrogens with two attached hydrogens (primary N) is 1. The summed E-state index contributed by atoms with van der Waals surface area (Å²) in [6.45, 7) is 1.24. The topological polar surface area (TPSA) is 35.2 Å². The van der Waals surface area contributed by atoms with Gasteiger partial charge in [-0.15, -0.1) is 0 Å². The Labute approximate surface area is 87.8 Å². The van der Waals surface area contributed by atoms with Gasteiger partial charge in [0, 0.05) is 6.07 Å². The molecular formula is C10H13ClFNO. The van der Waals surface area contributed by atoms with Crippen LogP contribution in [-0.4, -0.2) is 13.2 Å². The second kappa shape index (κ2) is 5.83. The molecule has 2 nitrogen and oxygen atoms in total. The lowest BCUT2D eigenvalue weighted by Crippen LogP contribution is -2.03. The highest BCUT2D eigenvalue weighted by Crippen LogP contribution is 2.21. The maximum atomic E-state index is 12.7. The van der Waals surface area contributed by atoms with E-state index in [1.165, 1.54) is 12.1 Å². The van der Waals surface area contributed by atoms with E-state index >= 15 is 0 Å². The summed E-state index contributed by atoms with van der Waals surface area (Å²) in [5.41, 5.74) is 5.33. The molecule has 0 heterocycles. The van der Waals surface area contributed by atoms with Gasteiger partial charge in [-0.2, -0.15) is 0 Å². The first-order valence-electron chi connectivity index (χ1n) is 4.52. The average Bonchev–Trinajstić information content (AvgIpc) is 2.18. The Morgan fingerprint density at radius 3 is 2.79 bits per heavy atom. The molecule has 4 heteroatoms. The number of rotatable bonds is 5. The molecule has 0 aromatic heterocycles. The summed E-state index contributed by atoms with van der Waals surface area (Å²) in [5.74, 6) is 0.161. The minimum Gasteiger partial charge on any atom is -0.494 e. The summed E-state index contributed by atoms with van der Waals surface area (Å²) in [4.78, 5) is 0. The smallest absolute Gasteiger partial charge is 0.142 e. The number of unbranched alkanes of at least 4 members (excludes halogenated alkanes) is 1. The van der Waals surface area contributed by atoms with Crippen molar-refractivity contribution in [1.82, 2.24) is 0 Å².